The van der Waals surface area contributed by atoms with Crippen LogP contribution in [0.2, 0.25) is 0 Å². The Morgan fingerprint density at radius 3 is 2.29 bits per heavy atom. The van der Waals surface area contributed by atoms with Gasteiger partial charge in [0.2, 0.25) is 5.95 Å². The SMILES string of the molecule is C=C1[C@H](COC(=O)C(N)c2ccccc2)[C@@H](OC(C)=O)C[C@@H]1n1cnc2c(=O)[nH]c(N)nc21.Cl.Cl.Nc1ccccc1. The molecule has 7 N–H and O–H groups in total. The van der Waals surface area contributed by atoms with Gasteiger partial charge in [0.05, 0.1) is 18.3 Å². The summed E-state index contributed by atoms with van der Waals surface area (Å²) < 4.78 is 12.6. The largest absolute Gasteiger partial charge is 0.463 e. The molecule has 1 aliphatic carbocycles. The number of para-hydroxylation sites is 1. The Morgan fingerprint density at radius 2 is 1.71 bits per heavy atom. The molecule has 4 atom stereocenters. The Kier molecular flexibility index (Phi) is 12.1. The van der Waals surface area contributed by atoms with Gasteiger partial charge in [-0.1, -0.05) is 55.1 Å². The van der Waals surface area contributed by atoms with E-state index < -0.39 is 41.6 Å². The standard InChI is InChI=1S/C22H24N6O5.C6H7N.2ClH/c1-11-14(9-32-21(31)17(23)13-6-4-3-5-7-13)16(33-12(2)29)8-15(11)28-10-25-18-19(28)26-22(24)27-20(18)30;7-6-4-2-1-3-5-6;;/h3-7,10,14-17H,1,8-9,23H2,2H3,(H3,24,26,27,30);1-5H,7H2;2*1H/t14-,15-,16-,17?;;;/m0.../s1. The van der Waals surface area contributed by atoms with Crippen LogP contribution in [0, 0.1) is 5.92 Å². The fraction of sp³-hybridized carbons (Fsp3) is 0.250. The van der Waals surface area contributed by atoms with Crippen LogP contribution in [0.5, 0.6) is 0 Å². The minimum Gasteiger partial charge on any atom is -0.463 e. The molecule has 1 aliphatic rings. The topological polar surface area (TPSA) is 194 Å². The number of nitrogen functional groups attached to an aromatic ring is 2. The lowest BCUT2D eigenvalue weighted by molar-refractivity contribution is -0.152. The zero-order chi connectivity index (χ0) is 28.8. The zero-order valence-electron chi connectivity index (χ0n) is 22.7. The highest BCUT2D eigenvalue weighted by atomic mass is 35.5. The normalized spacial score (nSPS) is 18.0. The number of esters is 2. The third-order valence-electron chi connectivity index (χ3n) is 6.53. The van der Waals surface area contributed by atoms with Gasteiger partial charge in [-0.25, -0.2) is 9.78 Å². The fourth-order valence-corrected chi connectivity index (χ4v) is 4.55. The highest BCUT2D eigenvalue weighted by Crippen LogP contribution is 2.42. The molecule has 2 aromatic heterocycles. The molecule has 1 saturated carbocycles. The second-order valence-electron chi connectivity index (χ2n) is 9.29. The maximum atomic E-state index is 12.5. The number of nitrogens with zero attached hydrogens (tertiary/aromatic N) is 3. The summed E-state index contributed by atoms with van der Waals surface area (Å²) >= 11 is 0. The van der Waals surface area contributed by atoms with Gasteiger partial charge < -0.3 is 31.2 Å². The maximum absolute atomic E-state index is 12.5. The molecule has 5 rings (SSSR count). The number of imidazole rings is 1. The second kappa shape index (κ2) is 15.0. The quantitative estimate of drug-likeness (QED) is 0.142. The first-order chi connectivity index (χ1) is 19.2. The molecule has 1 unspecified atom stereocenters. The summed E-state index contributed by atoms with van der Waals surface area (Å²) in [6.45, 7) is 5.39. The summed E-state index contributed by atoms with van der Waals surface area (Å²) in [6.07, 6.45) is 1.20. The van der Waals surface area contributed by atoms with Crippen molar-refractivity contribution in [2.24, 2.45) is 11.7 Å². The number of carbonyl (C=O) groups is 2. The minimum absolute atomic E-state index is 0. The number of nitrogens with two attached hydrogens (primary N) is 3. The number of H-pyrrole nitrogens is 1. The van der Waals surface area contributed by atoms with Crippen LogP contribution in [-0.4, -0.2) is 44.2 Å². The van der Waals surface area contributed by atoms with Gasteiger partial charge in [-0.15, -0.1) is 24.8 Å². The van der Waals surface area contributed by atoms with Crippen LogP contribution in [0.1, 0.15) is 31.0 Å². The van der Waals surface area contributed by atoms with Crippen LogP contribution in [0.3, 0.4) is 0 Å². The van der Waals surface area contributed by atoms with Crippen molar-refractivity contribution in [2.45, 2.75) is 31.5 Å². The van der Waals surface area contributed by atoms with Crippen LogP contribution in [0.15, 0.2) is 83.9 Å². The van der Waals surface area contributed by atoms with Gasteiger partial charge in [0.15, 0.2) is 11.2 Å². The minimum atomic E-state index is -0.944. The number of ether oxygens (including phenoxy) is 2. The molecule has 0 bridgehead atoms. The molecule has 1 fully saturated rings. The number of aromatic nitrogens is 4. The Hall–Kier alpha value is -4.39. The summed E-state index contributed by atoms with van der Waals surface area (Å²) in [6, 6.07) is 17.0. The summed E-state index contributed by atoms with van der Waals surface area (Å²) in [7, 11) is 0. The number of benzene rings is 2. The Balaban J connectivity index is 0.000000602. The first-order valence-corrected chi connectivity index (χ1v) is 12.5. The number of nitrogens with one attached hydrogen (secondary N) is 1. The number of halogens is 2. The Bertz CT molecular complexity index is 1560. The van der Waals surface area contributed by atoms with Crippen LogP contribution in [0.4, 0.5) is 11.6 Å². The molecule has 14 heteroatoms. The molecular weight excluding hydrogens is 585 g/mol. The molecule has 0 amide bonds. The molecule has 0 radical (unpaired) electrons. The molecule has 224 valence electrons. The van der Waals surface area contributed by atoms with E-state index in [0.717, 1.165) is 5.69 Å². The molecule has 0 spiro atoms. The predicted octanol–water partition coefficient (Wildman–Crippen LogP) is 3.11. The van der Waals surface area contributed by atoms with Crippen molar-refractivity contribution < 1.29 is 19.1 Å². The number of rotatable bonds is 6. The third kappa shape index (κ3) is 7.87. The van der Waals surface area contributed by atoms with E-state index in [4.69, 9.17) is 26.7 Å². The molecule has 42 heavy (non-hydrogen) atoms. The number of carbonyl (C=O) groups excluding carboxylic acids is 2. The summed E-state index contributed by atoms with van der Waals surface area (Å²) in [5.74, 6) is -1.61. The monoisotopic (exact) mass is 617 g/mol. The van der Waals surface area contributed by atoms with Crippen LogP contribution in [0.25, 0.3) is 11.2 Å². The number of hydrogen-bond acceptors (Lipinski definition) is 10. The van der Waals surface area contributed by atoms with E-state index in [9.17, 15) is 14.4 Å². The van der Waals surface area contributed by atoms with Crippen LogP contribution < -0.4 is 22.8 Å². The van der Waals surface area contributed by atoms with Gasteiger partial charge in [0.1, 0.15) is 18.8 Å². The van der Waals surface area contributed by atoms with Gasteiger partial charge in [0, 0.05) is 19.0 Å². The van der Waals surface area contributed by atoms with E-state index in [2.05, 4.69) is 21.5 Å². The molecule has 2 aromatic carbocycles. The number of fused-ring (bicyclic) bond motifs is 1. The molecular formula is C28H33Cl2N7O5. The lowest BCUT2D eigenvalue weighted by Crippen LogP contribution is -2.30. The van der Waals surface area contributed by atoms with Gasteiger partial charge in [-0.05, 0) is 23.3 Å². The number of aromatic amines is 1. The van der Waals surface area contributed by atoms with Crippen LogP contribution in [-0.2, 0) is 19.1 Å². The molecule has 2 heterocycles. The van der Waals surface area contributed by atoms with E-state index >= 15 is 0 Å². The number of anilines is 2. The summed E-state index contributed by atoms with van der Waals surface area (Å²) in [5.41, 5.74) is 19.1. The molecule has 4 aromatic rings. The van der Waals surface area contributed by atoms with Crippen molar-refractivity contribution in [3.63, 3.8) is 0 Å². The van der Waals surface area contributed by atoms with Crippen LogP contribution >= 0.6 is 24.8 Å². The Labute approximate surface area is 254 Å². The lowest BCUT2D eigenvalue weighted by atomic mass is 10.0. The lowest BCUT2D eigenvalue weighted by Gasteiger charge is -2.21. The third-order valence-corrected chi connectivity index (χ3v) is 6.53. The van der Waals surface area contributed by atoms with Gasteiger partial charge in [-0.2, -0.15) is 4.98 Å². The van der Waals surface area contributed by atoms with Crippen molar-refractivity contribution >= 4 is 59.6 Å². The van der Waals surface area contributed by atoms with Crippen molar-refractivity contribution in [1.82, 2.24) is 19.5 Å². The fourth-order valence-electron chi connectivity index (χ4n) is 4.55. The van der Waals surface area contributed by atoms with E-state index in [0.29, 0.717) is 17.6 Å². The summed E-state index contributed by atoms with van der Waals surface area (Å²) in [5, 5.41) is 0. The number of hydrogen-bond donors (Lipinski definition) is 4. The predicted molar refractivity (Wildman–Crippen MR) is 164 cm³/mol. The average Bonchev–Trinajstić information content (AvgIpc) is 3.48. The smallest absolute Gasteiger partial charge is 0.327 e. The second-order valence-corrected chi connectivity index (χ2v) is 9.29. The van der Waals surface area contributed by atoms with Crippen molar-refractivity contribution in [3.8, 4) is 0 Å². The molecule has 0 saturated heterocycles. The van der Waals surface area contributed by atoms with E-state index in [1.807, 2.05) is 36.4 Å². The average molecular weight is 619 g/mol. The highest BCUT2D eigenvalue weighted by molar-refractivity contribution is 5.85. The molecule has 12 nitrogen and oxygen atoms in total. The van der Waals surface area contributed by atoms with E-state index in [1.165, 1.54) is 13.3 Å². The zero-order valence-corrected chi connectivity index (χ0v) is 24.3. The van der Waals surface area contributed by atoms with E-state index in [-0.39, 0.29) is 48.5 Å². The first-order valence-electron chi connectivity index (χ1n) is 12.5. The molecule has 0 aliphatic heterocycles. The maximum Gasteiger partial charge on any atom is 0.327 e. The Morgan fingerprint density at radius 1 is 1.10 bits per heavy atom. The highest BCUT2D eigenvalue weighted by Gasteiger charge is 2.42. The van der Waals surface area contributed by atoms with Gasteiger partial charge >= 0.3 is 11.9 Å². The van der Waals surface area contributed by atoms with E-state index in [1.54, 1.807) is 28.8 Å². The summed E-state index contributed by atoms with van der Waals surface area (Å²) in [4.78, 5) is 47.1. The van der Waals surface area contributed by atoms with Crippen molar-refractivity contribution in [1.29, 1.82) is 0 Å². The van der Waals surface area contributed by atoms with Crippen molar-refractivity contribution in [3.05, 3.63) is 95.1 Å². The van der Waals surface area contributed by atoms with Gasteiger partial charge in [-0.3, -0.25) is 14.6 Å². The van der Waals surface area contributed by atoms with Gasteiger partial charge in [0.25, 0.3) is 5.56 Å². The first kappa shape index (κ1) is 33.8. The van der Waals surface area contributed by atoms with Crippen molar-refractivity contribution in [2.75, 3.05) is 18.1 Å².